The predicted octanol–water partition coefficient (Wildman–Crippen LogP) is 1.92. The maximum atomic E-state index is 12.2. The molecule has 0 bridgehead atoms. The van der Waals surface area contributed by atoms with Crippen LogP contribution >= 0.6 is 0 Å². The first-order valence-corrected chi connectivity index (χ1v) is 3.64. The molecule has 60 valence electrons. The molecule has 0 aliphatic rings. The van der Waals surface area contributed by atoms with Gasteiger partial charge in [-0.1, -0.05) is 19.1 Å². The Morgan fingerprint density at radius 2 is 2.10 bits per heavy atom. The van der Waals surface area contributed by atoms with E-state index in [0.717, 1.165) is 6.42 Å². The summed E-state index contributed by atoms with van der Waals surface area (Å²) in [6.07, 6.45) is 3.16. The number of hydrogen-bond donors (Lipinski definition) is 1. The molecule has 1 N–H and O–H groups in total. The second kappa shape index (κ2) is 5.42. The van der Waals surface area contributed by atoms with Crippen molar-refractivity contribution in [3.8, 4) is 0 Å². The van der Waals surface area contributed by atoms with Crippen LogP contribution in [0, 0.1) is 5.92 Å². The topological polar surface area (TPSA) is 20.2 Å². The Kier molecular flexibility index (Phi) is 5.22. The lowest BCUT2D eigenvalue weighted by atomic mass is 10.1. The van der Waals surface area contributed by atoms with Gasteiger partial charge in [0.05, 0.1) is 0 Å². The molecule has 0 fully saturated rings. The van der Waals surface area contributed by atoms with Crippen LogP contribution in [0.2, 0.25) is 0 Å². The summed E-state index contributed by atoms with van der Waals surface area (Å²) in [7, 11) is 0. The van der Waals surface area contributed by atoms with E-state index in [9.17, 15) is 4.39 Å². The number of aliphatic hydroxyl groups is 1. The number of allylic oxidation sites excluding steroid dienone is 1. The van der Waals surface area contributed by atoms with Crippen LogP contribution in [-0.2, 0) is 0 Å². The van der Waals surface area contributed by atoms with E-state index in [0.29, 0.717) is 0 Å². The van der Waals surface area contributed by atoms with Crippen molar-refractivity contribution < 1.29 is 9.50 Å². The first-order chi connectivity index (χ1) is 4.70. The van der Waals surface area contributed by atoms with Gasteiger partial charge < -0.3 is 5.11 Å². The number of aliphatic hydroxyl groups excluding tert-OH is 1. The summed E-state index contributed by atoms with van der Waals surface area (Å²) in [6.45, 7) is 3.55. The van der Waals surface area contributed by atoms with Gasteiger partial charge in [-0.25, -0.2) is 4.39 Å². The zero-order chi connectivity index (χ0) is 7.98. The molecule has 0 amide bonds. The van der Waals surface area contributed by atoms with Gasteiger partial charge in [-0.05, 0) is 19.3 Å². The molecule has 0 aromatic heterocycles. The fraction of sp³-hybridized carbons (Fsp3) is 0.750. The maximum absolute atomic E-state index is 12.2. The lowest BCUT2D eigenvalue weighted by Crippen LogP contribution is -2.00. The van der Waals surface area contributed by atoms with Crippen molar-refractivity contribution in [3.63, 3.8) is 0 Å². The second-order valence-electron chi connectivity index (χ2n) is 2.41. The molecule has 2 heteroatoms. The molecular formula is C8H15FO. The first kappa shape index (κ1) is 9.63. The van der Waals surface area contributed by atoms with E-state index in [1.807, 2.05) is 6.92 Å². The molecule has 0 aromatic rings. The summed E-state index contributed by atoms with van der Waals surface area (Å²) in [5, 5.41) is 8.67. The number of halogens is 1. The number of hydrogen-bond acceptors (Lipinski definition) is 1. The molecule has 10 heavy (non-hydrogen) atoms. The monoisotopic (exact) mass is 146 g/mol. The Labute approximate surface area is 61.6 Å². The van der Waals surface area contributed by atoms with Crippen molar-refractivity contribution in [1.82, 2.24) is 0 Å². The number of rotatable bonds is 4. The third-order valence-corrected chi connectivity index (χ3v) is 1.41. The van der Waals surface area contributed by atoms with Gasteiger partial charge in [0.25, 0.3) is 0 Å². The van der Waals surface area contributed by atoms with Gasteiger partial charge in [0.1, 0.15) is 6.17 Å². The van der Waals surface area contributed by atoms with Gasteiger partial charge >= 0.3 is 0 Å². The highest BCUT2D eigenvalue weighted by atomic mass is 19.1. The molecule has 0 aliphatic heterocycles. The van der Waals surface area contributed by atoms with Crippen molar-refractivity contribution >= 4 is 0 Å². The normalized spacial score (nSPS) is 17.6. The highest BCUT2D eigenvalue weighted by Gasteiger charge is 1.98. The molecule has 0 aliphatic carbocycles. The van der Waals surface area contributed by atoms with E-state index in [1.54, 1.807) is 6.08 Å². The van der Waals surface area contributed by atoms with Crippen molar-refractivity contribution in [2.24, 2.45) is 5.92 Å². The highest BCUT2D eigenvalue weighted by molar-refractivity contribution is 4.91. The average Bonchev–Trinajstić information content (AvgIpc) is 1.90. The van der Waals surface area contributed by atoms with Crippen LogP contribution in [-0.4, -0.2) is 17.9 Å². The first-order valence-electron chi connectivity index (χ1n) is 3.64. The standard InChI is InChI=1S/C8H15FO/c1-3-8(6-10)5-4-7(2)9/h4-5,7-8,10H,3,6H2,1-2H3/b5-4-. The van der Waals surface area contributed by atoms with Crippen molar-refractivity contribution in [2.45, 2.75) is 26.4 Å². The zero-order valence-electron chi connectivity index (χ0n) is 6.55. The Bertz CT molecular complexity index is 95.4. The van der Waals surface area contributed by atoms with Crippen LogP contribution in [0.4, 0.5) is 4.39 Å². The Balaban J connectivity index is 3.61. The van der Waals surface area contributed by atoms with Gasteiger partial charge in [0, 0.05) is 6.61 Å². The molecule has 0 spiro atoms. The Hall–Kier alpha value is -0.370. The van der Waals surface area contributed by atoms with Crippen LogP contribution < -0.4 is 0 Å². The van der Waals surface area contributed by atoms with Crippen LogP contribution in [0.25, 0.3) is 0 Å². The maximum Gasteiger partial charge on any atom is 0.115 e. The summed E-state index contributed by atoms with van der Waals surface area (Å²) in [5.74, 6) is 0.123. The third-order valence-electron chi connectivity index (χ3n) is 1.41. The van der Waals surface area contributed by atoms with Crippen LogP contribution in [0.1, 0.15) is 20.3 Å². The van der Waals surface area contributed by atoms with E-state index >= 15 is 0 Å². The summed E-state index contributed by atoms with van der Waals surface area (Å²) in [6, 6.07) is 0. The van der Waals surface area contributed by atoms with E-state index in [1.165, 1.54) is 13.0 Å². The summed E-state index contributed by atoms with van der Waals surface area (Å²) in [4.78, 5) is 0. The van der Waals surface area contributed by atoms with E-state index < -0.39 is 6.17 Å². The van der Waals surface area contributed by atoms with Crippen molar-refractivity contribution in [1.29, 1.82) is 0 Å². The second-order valence-corrected chi connectivity index (χ2v) is 2.41. The highest BCUT2D eigenvalue weighted by Crippen LogP contribution is 2.04. The van der Waals surface area contributed by atoms with E-state index in [2.05, 4.69) is 0 Å². The average molecular weight is 146 g/mol. The quantitative estimate of drug-likeness (QED) is 0.601. The van der Waals surface area contributed by atoms with Crippen molar-refractivity contribution in [3.05, 3.63) is 12.2 Å². The van der Waals surface area contributed by atoms with Crippen LogP contribution in [0.15, 0.2) is 12.2 Å². The van der Waals surface area contributed by atoms with Crippen LogP contribution in [0.3, 0.4) is 0 Å². The smallest absolute Gasteiger partial charge is 0.115 e. The Morgan fingerprint density at radius 3 is 2.40 bits per heavy atom. The molecule has 1 nitrogen and oxygen atoms in total. The molecule has 2 atom stereocenters. The van der Waals surface area contributed by atoms with Gasteiger partial charge in [-0.2, -0.15) is 0 Å². The lowest BCUT2D eigenvalue weighted by molar-refractivity contribution is 0.249. The molecule has 0 rings (SSSR count). The summed E-state index contributed by atoms with van der Waals surface area (Å²) < 4.78 is 12.2. The largest absolute Gasteiger partial charge is 0.396 e. The van der Waals surface area contributed by atoms with Gasteiger partial charge in [0.2, 0.25) is 0 Å². The van der Waals surface area contributed by atoms with E-state index in [4.69, 9.17) is 5.11 Å². The fourth-order valence-corrected chi connectivity index (χ4v) is 0.636. The fourth-order valence-electron chi connectivity index (χ4n) is 0.636. The zero-order valence-corrected chi connectivity index (χ0v) is 6.55. The summed E-state index contributed by atoms with van der Waals surface area (Å²) >= 11 is 0. The SMILES string of the molecule is CCC(/C=C\C(C)F)CO. The molecule has 0 aromatic carbocycles. The van der Waals surface area contributed by atoms with Crippen molar-refractivity contribution in [2.75, 3.05) is 6.61 Å². The minimum Gasteiger partial charge on any atom is -0.396 e. The molecule has 0 saturated heterocycles. The van der Waals surface area contributed by atoms with Crippen LogP contribution in [0.5, 0.6) is 0 Å². The molecule has 0 heterocycles. The molecular weight excluding hydrogens is 131 g/mol. The third kappa shape index (κ3) is 4.50. The molecule has 2 unspecified atom stereocenters. The van der Waals surface area contributed by atoms with Gasteiger partial charge in [-0.3, -0.25) is 0 Å². The van der Waals surface area contributed by atoms with Gasteiger partial charge in [0.15, 0.2) is 0 Å². The Morgan fingerprint density at radius 1 is 1.50 bits per heavy atom. The van der Waals surface area contributed by atoms with E-state index in [-0.39, 0.29) is 12.5 Å². The summed E-state index contributed by atoms with van der Waals surface area (Å²) in [5.41, 5.74) is 0. The molecule has 0 radical (unpaired) electrons. The van der Waals surface area contributed by atoms with Gasteiger partial charge in [-0.15, -0.1) is 0 Å². The predicted molar refractivity (Wildman–Crippen MR) is 40.6 cm³/mol. The molecule has 0 saturated carbocycles. The lowest BCUT2D eigenvalue weighted by Gasteiger charge is -2.03. The minimum absolute atomic E-state index is 0.111. The minimum atomic E-state index is -0.902. The number of alkyl halides is 1.